The van der Waals surface area contributed by atoms with Crippen LogP contribution in [-0.4, -0.2) is 47.7 Å². The third-order valence-corrected chi connectivity index (χ3v) is 4.92. The topological polar surface area (TPSA) is 70.7 Å². The number of likely N-dealkylation sites (tertiary alicyclic amines) is 1. The second kappa shape index (κ2) is 9.65. The smallest absolute Gasteiger partial charge is 0.408 e. The predicted molar refractivity (Wildman–Crippen MR) is 118 cm³/mol. The zero-order chi connectivity index (χ0) is 21.6. The molecule has 6 heteroatoms. The van der Waals surface area contributed by atoms with E-state index in [-0.39, 0.29) is 11.9 Å². The molecular weight excluding hydrogens is 378 g/mol. The minimum Gasteiger partial charge on any atom is -0.444 e. The van der Waals surface area contributed by atoms with Crippen molar-refractivity contribution in [1.29, 1.82) is 0 Å². The lowest BCUT2D eigenvalue weighted by molar-refractivity contribution is -0.132. The van der Waals surface area contributed by atoms with Gasteiger partial charge in [0.1, 0.15) is 11.6 Å². The number of nitrogens with one attached hydrogen (secondary N) is 2. The van der Waals surface area contributed by atoms with E-state index >= 15 is 0 Å². The van der Waals surface area contributed by atoms with Gasteiger partial charge in [0.05, 0.1) is 0 Å². The van der Waals surface area contributed by atoms with Gasteiger partial charge in [-0.15, -0.1) is 0 Å². The van der Waals surface area contributed by atoms with Gasteiger partial charge in [0.15, 0.2) is 0 Å². The fourth-order valence-electron chi connectivity index (χ4n) is 3.57. The van der Waals surface area contributed by atoms with Crippen molar-refractivity contribution in [2.45, 2.75) is 51.3 Å². The fourth-order valence-corrected chi connectivity index (χ4v) is 3.57. The Bertz CT molecular complexity index is 834. The van der Waals surface area contributed by atoms with Crippen LogP contribution >= 0.6 is 0 Å². The highest BCUT2D eigenvalue weighted by Crippen LogP contribution is 2.18. The van der Waals surface area contributed by atoms with Crippen LogP contribution in [0.2, 0.25) is 0 Å². The number of hydrogen-bond donors (Lipinski definition) is 2. The Balaban J connectivity index is 1.65. The van der Waals surface area contributed by atoms with E-state index in [4.69, 9.17) is 4.74 Å². The molecule has 0 aliphatic carbocycles. The van der Waals surface area contributed by atoms with Crippen molar-refractivity contribution in [3.63, 3.8) is 0 Å². The Morgan fingerprint density at radius 3 is 2.33 bits per heavy atom. The van der Waals surface area contributed by atoms with Crippen LogP contribution in [0.4, 0.5) is 10.5 Å². The van der Waals surface area contributed by atoms with Gasteiger partial charge in [0, 0.05) is 31.2 Å². The SMILES string of the molecule is CC(C)(C)OC(=O)NC(Cc1ccccc1)C(=O)N1CCC(Nc2ccccc2)C1. The van der Waals surface area contributed by atoms with Crippen LogP contribution < -0.4 is 10.6 Å². The molecule has 1 fully saturated rings. The van der Waals surface area contributed by atoms with Crippen LogP contribution in [0, 0.1) is 0 Å². The number of para-hydroxylation sites is 1. The van der Waals surface area contributed by atoms with E-state index in [9.17, 15) is 9.59 Å². The van der Waals surface area contributed by atoms with E-state index in [1.165, 1.54) is 0 Å². The molecule has 0 bridgehead atoms. The van der Waals surface area contributed by atoms with Gasteiger partial charge >= 0.3 is 6.09 Å². The number of benzene rings is 2. The quantitative estimate of drug-likeness (QED) is 0.761. The number of anilines is 1. The van der Waals surface area contributed by atoms with Gasteiger partial charge in [0.25, 0.3) is 0 Å². The average molecular weight is 410 g/mol. The molecule has 0 radical (unpaired) electrons. The maximum atomic E-state index is 13.3. The zero-order valence-corrected chi connectivity index (χ0v) is 17.9. The molecule has 2 aromatic carbocycles. The summed E-state index contributed by atoms with van der Waals surface area (Å²) >= 11 is 0. The maximum absolute atomic E-state index is 13.3. The van der Waals surface area contributed by atoms with Crippen LogP contribution in [0.25, 0.3) is 0 Å². The number of alkyl carbamates (subject to hydrolysis) is 1. The van der Waals surface area contributed by atoms with Crippen molar-refractivity contribution in [3.8, 4) is 0 Å². The highest BCUT2D eigenvalue weighted by Gasteiger charge is 2.32. The predicted octanol–water partition coefficient (Wildman–Crippen LogP) is 3.84. The standard InChI is InChI=1S/C24H31N3O3/c1-24(2,3)30-23(29)26-21(16-18-10-6-4-7-11-18)22(28)27-15-14-20(17-27)25-19-12-8-5-9-13-19/h4-13,20-21,25H,14-17H2,1-3H3,(H,26,29). The van der Waals surface area contributed by atoms with E-state index in [0.29, 0.717) is 19.5 Å². The maximum Gasteiger partial charge on any atom is 0.408 e. The summed E-state index contributed by atoms with van der Waals surface area (Å²) in [5.41, 5.74) is 1.41. The molecule has 2 N–H and O–H groups in total. The van der Waals surface area contributed by atoms with E-state index in [1.807, 2.05) is 65.6 Å². The summed E-state index contributed by atoms with van der Waals surface area (Å²) in [7, 11) is 0. The second-order valence-electron chi connectivity index (χ2n) is 8.67. The minimum atomic E-state index is -0.669. The molecule has 6 nitrogen and oxygen atoms in total. The zero-order valence-electron chi connectivity index (χ0n) is 17.9. The molecule has 0 aromatic heterocycles. The van der Waals surface area contributed by atoms with Crippen molar-refractivity contribution >= 4 is 17.7 Å². The first-order valence-corrected chi connectivity index (χ1v) is 10.4. The number of hydrogen-bond acceptors (Lipinski definition) is 4. The van der Waals surface area contributed by atoms with Gasteiger partial charge < -0.3 is 20.3 Å². The highest BCUT2D eigenvalue weighted by molar-refractivity contribution is 5.86. The van der Waals surface area contributed by atoms with E-state index < -0.39 is 17.7 Å². The van der Waals surface area contributed by atoms with Gasteiger partial charge in [-0.2, -0.15) is 0 Å². The lowest BCUT2D eigenvalue weighted by atomic mass is 10.0. The number of carbonyl (C=O) groups is 2. The lowest BCUT2D eigenvalue weighted by Gasteiger charge is -2.26. The summed E-state index contributed by atoms with van der Waals surface area (Å²) < 4.78 is 5.39. The Hall–Kier alpha value is -3.02. The molecule has 2 aromatic rings. The monoisotopic (exact) mass is 409 g/mol. The van der Waals surface area contributed by atoms with Gasteiger partial charge in [-0.1, -0.05) is 48.5 Å². The molecule has 0 spiro atoms. The molecule has 1 aliphatic heterocycles. The largest absolute Gasteiger partial charge is 0.444 e. The Morgan fingerprint density at radius 1 is 1.07 bits per heavy atom. The van der Waals surface area contributed by atoms with Gasteiger partial charge in [-0.05, 0) is 44.9 Å². The first kappa shape index (κ1) is 21.7. The summed E-state index contributed by atoms with van der Waals surface area (Å²) in [6.45, 7) is 6.68. The number of carbonyl (C=O) groups excluding carboxylic acids is 2. The molecule has 30 heavy (non-hydrogen) atoms. The molecule has 2 atom stereocenters. The molecule has 1 aliphatic rings. The van der Waals surface area contributed by atoms with Crippen LogP contribution in [0.5, 0.6) is 0 Å². The van der Waals surface area contributed by atoms with E-state index in [2.05, 4.69) is 10.6 Å². The van der Waals surface area contributed by atoms with Crippen LogP contribution in [0.1, 0.15) is 32.8 Å². The Labute approximate surface area is 178 Å². The van der Waals surface area contributed by atoms with Crippen LogP contribution in [-0.2, 0) is 16.0 Å². The average Bonchev–Trinajstić information content (AvgIpc) is 3.15. The summed E-state index contributed by atoms with van der Waals surface area (Å²) in [6.07, 6.45) is 0.715. The fraction of sp³-hybridized carbons (Fsp3) is 0.417. The molecular formula is C24H31N3O3. The second-order valence-corrected chi connectivity index (χ2v) is 8.67. The normalized spacial score (nSPS) is 17.3. The molecule has 1 heterocycles. The summed E-state index contributed by atoms with van der Waals surface area (Å²) in [5.74, 6) is -0.0814. The summed E-state index contributed by atoms with van der Waals surface area (Å²) in [4.78, 5) is 27.5. The summed E-state index contributed by atoms with van der Waals surface area (Å²) in [6, 6.07) is 19.2. The Morgan fingerprint density at radius 2 is 1.70 bits per heavy atom. The van der Waals surface area contributed by atoms with Crippen molar-refractivity contribution in [2.24, 2.45) is 0 Å². The number of ether oxygens (including phenoxy) is 1. The molecule has 160 valence electrons. The first-order valence-electron chi connectivity index (χ1n) is 10.4. The van der Waals surface area contributed by atoms with Crippen LogP contribution in [0.3, 0.4) is 0 Å². The van der Waals surface area contributed by atoms with Gasteiger partial charge in [-0.25, -0.2) is 4.79 Å². The number of amides is 2. The highest BCUT2D eigenvalue weighted by atomic mass is 16.6. The number of rotatable bonds is 6. The molecule has 2 unspecified atom stereocenters. The van der Waals surface area contributed by atoms with Crippen molar-refractivity contribution in [3.05, 3.63) is 66.2 Å². The van der Waals surface area contributed by atoms with Crippen molar-refractivity contribution < 1.29 is 14.3 Å². The van der Waals surface area contributed by atoms with Gasteiger partial charge in [0.2, 0.25) is 5.91 Å². The third-order valence-electron chi connectivity index (χ3n) is 4.92. The first-order chi connectivity index (χ1) is 14.3. The lowest BCUT2D eigenvalue weighted by Crippen LogP contribution is -2.50. The van der Waals surface area contributed by atoms with Crippen molar-refractivity contribution in [2.75, 3.05) is 18.4 Å². The molecule has 2 amide bonds. The molecule has 3 rings (SSSR count). The van der Waals surface area contributed by atoms with Crippen molar-refractivity contribution in [1.82, 2.24) is 10.2 Å². The molecule has 1 saturated heterocycles. The van der Waals surface area contributed by atoms with E-state index in [1.54, 1.807) is 20.8 Å². The van der Waals surface area contributed by atoms with Gasteiger partial charge in [-0.3, -0.25) is 4.79 Å². The summed E-state index contributed by atoms with van der Waals surface area (Å²) in [5, 5.41) is 6.27. The molecule has 0 saturated carbocycles. The third kappa shape index (κ3) is 6.51. The minimum absolute atomic E-state index is 0.0814. The van der Waals surface area contributed by atoms with E-state index in [0.717, 1.165) is 17.7 Å². The van der Waals surface area contributed by atoms with Crippen LogP contribution in [0.15, 0.2) is 60.7 Å². The number of nitrogens with zero attached hydrogens (tertiary/aromatic N) is 1. The Kier molecular flexibility index (Phi) is 6.98.